The van der Waals surface area contributed by atoms with Crippen molar-refractivity contribution in [1.29, 1.82) is 0 Å². The van der Waals surface area contributed by atoms with Gasteiger partial charge in [0.15, 0.2) is 0 Å². The zero-order chi connectivity index (χ0) is 24.8. The summed E-state index contributed by atoms with van der Waals surface area (Å²) >= 11 is 4.87. The monoisotopic (exact) mass is 552 g/mol. The highest BCUT2D eigenvalue weighted by atomic mass is 79.9. The maximum absolute atomic E-state index is 13.3. The molecule has 6 nitrogen and oxygen atoms in total. The summed E-state index contributed by atoms with van der Waals surface area (Å²) in [6, 6.07) is 19.3. The van der Waals surface area contributed by atoms with Gasteiger partial charge in [-0.1, -0.05) is 46.3 Å². The van der Waals surface area contributed by atoms with Crippen LogP contribution in [0.2, 0.25) is 0 Å². The van der Waals surface area contributed by atoms with Gasteiger partial charge in [0.05, 0.1) is 12.1 Å². The fourth-order valence-electron chi connectivity index (χ4n) is 3.95. The third-order valence-electron chi connectivity index (χ3n) is 5.85. The Bertz CT molecular complexity index is 1330. The number of thiophene rings is 1. The molecule has 1 amide bonds. The minimum Gasteiger partial charge on any atom is -0.337 e. The molecule has 0 aliphatic carbocycles. The normalized spacial score (nSPS) is 11.3. The van der Waals surface area contributed by atoms with Crippen molar-refractivity contribution in [1.82, 2.24) is 19.4 Å². The van der Waals surface area contributed by atoms with Gasteiger partial charge in [-0.05, 0) is 61.8 Å². The van der Waals surface area contributed by atoms with Gasteiger partial charge in [0, 0.05) is 36.1 Å². The second kappa shape index (κ2) is 11.7. The molecule has 4 rings (SSSR count). The molecule has 0 fully saturated rings. The zero-order valence-corrected chi connectivity index (χ0v) is 22.4. The van der Waals surface area contributed by atoms with Crippen LogP contribution in [-0.2, 0) is 13.0 Å². The Morgan fingerprint density at radius 2 is 1.74 bits per heavy atom. The van der Waals surface area contributed by atoms with Crippen LogP contribution in [0.25, 0.3) is 10.2 Å². The Labute approximate surface area is 218 Å². The molecule has 8 heteroatoms. The van der Waals surface area contributed by atoms with Crippen LogP contribution in [0, 0.1) is 0 Å². The van der Waals surface area contributed by atoms with Crippen LogP contribution in [0.5, 0.6) is 0 Å². The average molecular weight is 554 g/mol. The summed E-state index contributed by atoms with van der Waals surface area (Å²) in [7, 11) is 4.01. The molecule has 0 aliphatic rings. The number of hydrogen-bond acceptors (Lipinski definition) is 5. The molecule has 0 aliphatic heterocycles. The highest BCUT2D eigenvalue weighted by molar-refractivity contribution is 9.10. The molecule has 4 aromatic rings. The SMILES string of the molecule is CN(C)CCN(CCCc1nc2ccsc2c(=O)n1Cc1ccccc1)C(=O)c1ccc(Br)cc1. The molecular formula is C27H29BrN4O2S. The first kappa shape index (κ1) is 25.3. The molecule has 0 atom stereocenters. The molecule has 0 saturated carbocycles. The molecule has 0 spiro atoms. The molecule has 0 saturated heterocycles. The lowest BCUT2D eigenvalue weighted by atomic mass is 10.1. The number of amides is 1. The molecule has 182 valence electrons. The van der Waals surface area contributed by atoms with Gasteiger partial charge in [0.1, 0.15) is 10.5 Å². The number of benzene rings is 2. The van der Waals surface area contributed by atoms with E-state index in [1.165, 1.54) is 11.3 Å². The van der Waals surface area contributed by atoms with Crippen molar-refractivity contribution in [3.63, 3.8) is 0 Å². The van der Waals surface area contributed by atoms with Crippen molar-refractivity contribution >= 4 is 43.4 Å². The van der Waals surface area contributed by atoms with Crippen LogP contribution < -0.4 is 5.56 Å². The molecule has 0 unspecified atom stereocenters. The van der Waals surface area contributed by atoms with E-state index in [2.05, 4.69) is 20.8 Å². The van der Waals surface area contributed by atoms with Crippen molar-refractivity contribution < 1.29 is 4.79 Å². The number of likely N-dealkylation sites (N-methyl/N-ethyl adjacent to an activating group) is 1. The van der Waals surface area contributed by atoms with E-state index in [0.29, 0.717) is 42.7 Å². The molecule has 2 aromatic heterocycles. The lowest BCUT2D eigenvalue weighted by Crippen LogP contribution is -2.37. The Morgan fingerprint density at radius 1 is 1.00 bits per heavy atom. The summed E-state index contributed by atoms with van der Waals surface area (Å²) in [5.74, 6) is 0.774. The van der Waals surface area contributed by atoms with Gasteiger partial charge in [0.25, 0.3) is 11.5 Å². The number of fused-ring (bicyclic) bond motifs is 1. The Hall–Kier alpha value is -2.81. The molecule has 2 aromatic carbocycles. The molecule has 2 heterocycles. The van der Waals surface area contributed by atoms with Crippen molar-refractivity contribution in [3.8, 4) is 0 Å². The van der Waals surface area contributed by atoms with E-state index in [9.17, 15) is 9.59 Å². The Kier molecular flexibility index (Phi) is 8.49. The number of aromatic nitrogens is 2. The number of rotatable bonds is 10. The maximum atomic E-state index is 13.3. The third kappa shape index (κ3) is 6.45. The van der Waals surface area contributed by atoms with Gasteiger partial charge in [-0.3, -0.25) is 14.2 Å². The molecular weight excluding hydrogens is 524 g/mol. The van der Waals surface area contributed by atoms with Crippen molar-refractivity contribution in [3.05, 3.63) is 97.8 Å². The van der Waals surface area contributed by atoms with Crippen LogP contribution in [0.3, 0.4) is 0 Å². The van der Waals surface area contributed by atoms with Gasteiger partial charge in [-0.25, -0.2) is 4.98 Å². The number of halogens is 1. The van der Waals surface area contributed by atoms with Gasteiger partial charge in [-0.2, -0.15) is 0 Å². The summed E-state index contributed by atoms with van der Waals surface area (Å²) < 4.78 is 3.41. The van der Waals surface area contributed by atoms with Crippen LogP contribution in [-0.4, -0.2) is 59.0 Å². The Balaban J connectivity index is 1.54. The zero-order valence-electron chi connectivity index (χ0n) is 20.0. The number of aryl methyl sites for hydroxylation is 1. The van der Waals surface area contributed by atoms with Crippen LogP contribution in [0.4, 0.5) is 0 Å². The van der Waals surface area contributed by atoms with E-state index in [1.807, 2.05) is 85.0 Å². The quantitative estimate of drug-likeness (QED) is 0.280. The number of carbonyl (C=O) groups is 1. The van der Waals surface area contributed by atoms with Crippen molar-refractivity contribution in [2.24, 2.45) is 0 Å². The predicted octanol–water partition coefficient (Wildman–Crippen LogP) is 4.91. The van der Waals surface area contributed by atoms with Gasteiger partial charge in [0.2, 0.25) is 0 Å². The van der Waals surface area contributed by atoms with E-state index in [0.717, 1.165) is 27.9 Å². The lowest BCUT2D eigenvalue weighted by Gasteiger charge is -2.25. The van der Waals surface area contributed by atoms with Gasteiger partial charge in [-0.15, -0.1) is 11.3 Å². The third-order valence-corrected chi connectivity index (χ3v) is 7.27. The maximum Gasteiger partial charge on any atom is 0.271 e. The average Bonchev–Trinajstić information content (AvgIpc) is 3.33. The largest absolute Gasteiger partial charge is 0.337 e. The number of nitrogens with zero attached hydrogens (tertiary/aromatic N) is 4. The van der Waals surface area contributed by atoms with Crippen molar-refractivity contribution in [2.75, 3.05) is 33.7 Å². The second-order valence-corrected chi connectivity index (χ2v) is 10.6. The van der Waals surface area contributed by atoms with Gasteiger partial charge < -0.3 is 9.80 Å². The molecule has 0 radical (unpaired) electrons. The van der Waals surface area contributed by atoms with E-state index < -0.39 is 0 Å². The van der Waals surface area contributed by atoms with Gasteiger partial charge >= 0.3 is 0 Å². The highest BCUT2D eigenvalue weighted by Crippen LogP contribution is 2.17. The van der Waals surface area contributed by atoms with E-state index >= 15 is 0 Å². The summed E-state index contributed by atoms with van der Waals surface area (Å²) in [6.45, 7) is 2.49. The fraction of sp³-hybridized carbons (Fsp3) is 0.296. The summed E-state index contributed by atoms with van der Waals surface area (Å²) in [6.07, 6.45) is 1.33. The number of hydrogen-bond donors (Lipinski definition) is 0. The van der Waals surface area contributed by atoms with Crippen molar-refractivity contribution in [2.45, 2.75) is 19.4 Å². The minimum absolute atomic E-state index is 0.000689. The standard InChI is InChI=1S/C27H29BrN4O2S/c1-30(2)16-17-31(26(33)21-10-12-22(28)13-11-21)15-6-9-24-29-23-14-18-35-25(23)27(34)32(24)19-20-7-4-3-5-8-20/h3-5,7-8,10-14,18H,6,9,15-17,19H2,1-2H3. The van der Waals surface area contributed by atoms with Crippen LogP contribution in [0.1, 0.15) is 28.2 Å². The molecule has 35 heavy (non-hydrogen) atoms. The predicted molar refractivity (Wildman–Crippen MR) is 146 cm³/mol. The second-order valence-electron chi connectivity index (χ2n) is 8.75. The van der Waals surface area contributed by atoms with E-state index in [4.69, 9.17) is 4.98 Å². The summed E-state index contributed by atoms with van der Waals surface area (Å²) in [5.41, 5.74) is 2.48. The first-order valence-electron chi connectivity index (χ1n) is 11.6. The molecule has 0 N–H and O–H groups in total. The minimum atomic E-state index is -0.000689. The van der Waals surface area contributed by atoms with E-state index in [-0.39, 0.29) is 11.5 Å². The van der Waals surface area contributed by atoms with E-state index in [1.54, 1.807) is 4.57 Å². The first-order chi connectivity index (χ1) is 16.9. The highest BCUT2D eigenvalue weighted by Gasteiger charge is 2.17. The summed E-state index contributed by atoms with van der Waals surface area (Å²) in [5, 5.41) is 1.91. The topological polar surface area (TPSA) is 58.4 Å². The smallest absolute Gasteiger partial charge is 0.271 e. The summed E-state index contributed by atoms with van der Waals surface area (Å²) in [4.78, 5) is 35.3. The lowest BCUT2D eigenvalue weighted by molar-refractivity contribution is 0.0742. The number of carbonyl (C=O) groups excluding carboxylic acids is 1. The molecule has 0 bridgehead atoms. The Morgan fingerprint density at radius 3 is 2.46 bits per heavy atom. The fourth-order valence-corrected chi connectivity index (χ4v) is 4.99. The van der Waals surface area contributed by atoms with Crippen LogP contribution in [0.15, 0.2) is 75.3 Å². The van der Waals surface area contributed by atoms with Crippen LogP contribution >= 0.6 is 27.3 Å². The first-order valence-corrected chi connectivity index (χ1v) is 13.3.